The van der Waals surface area contributed by atoms with Crippen LogP contribution in [-0.2, 0) is 0 Å². The molecule has 10 heavy (non-hydrogen) atoms. The second kappa shape index (κ2) is 3.32. The minimum Gasteiger partial charge on any atom is -0.121 e. The van der Waals surface area contributed by atoms with E-state index in [1.54, 1.807) is 0 Å². The zero-order valence-corrected chi connectivity index (χ0v) is 7.99. The largest absolute Gasteiger partial charge is 0.121 e. The van der Waals surface area contributed by atoms with E-state index in [0.717, 1.165) is 24.7 Å². The average Bonchev–Trinajstić information content (AvgIpc) is 1.84. The Labute approximate surface area is 72.9 Å². The van der Waals surface area contributed by atoms with Crippen LogP contribution in [0.3, 0.4) is 0 Å². The van der Waals surface area contributed by atoms with Crippen molar-refractivity contribution in [3.63, 3.8) is 0 Å². The molecular weight excluding hydrogens is 167 g/mol. The van der Waals surface area contributed by atoms with Crippen LogP contribution in [-0.4, -0.2) is 10.8 Å². The van der Waals surface area contributed by atoms with Crippen molar-refractivity contribution in [1.82, 2.24) is 0 Å². The van der Waals surface area contributed by atoms with Gasteiger partial charge in [-0.25, -0.2) is 0 Å². The molecule has 0 aliphatic heterocycles. The molecule has 4 unspecified atom stereocenters. The van der Waals surface area contributed by atoms with Crippen LogP contribution in [0.2, 0.25) is 0 Å². The lowest BCUT2D eigenvalue weighted by atomic mass is 9.81. The normalized spacial score (nSPS) is 49.2. The third-order valence-electron chi connectivity index (χ3n) is 2.56. The highest BCUT2D eigenvalue weighted by Gasteiger charge is 2.29. The molecule has 60 valence electrons. The Bertz CT molecular complexity index is 87.8. The first-order valence-corrected chi connectivity index (χ1v) is 4.76. The second-order valence-electron chi connectivity index (χ2n) is 3.46. The van der Waals surface area contributed by atoms with Crippen molar-refractivity contribution in [1.29, 1.82) is 0 Å². The van der Waals surface area contributed by atoms with Crippen molar-refractivity contribution in [2.45, 2.75) is 37.4 Å². The van der Waals surface area contributed by atoms with Crippen molar-refractivity contribution in [2.24, 2.45) is 11.8 Å². The van der Waals surface area contributed by atoms with Crippen molar-refractivity contribution in [3.8, 4) is 0 Å². The molecule has 0 aromatic heterocycles. The van der Waals surface area contributed by atoms with Gasteiger partial charge in [0.1, 0.15) is 0 Å². The molecule has 0 heterocycles. The fourth-order valence-corrected chi connectivity index (χ4v) is 2.24. The van der Waals surface area contributed by atoms with Gasteiger partial charge in [-0.05, 0) is 24.7 Å². The Morgan fingerprint density at radius 3 is 1.50 bits per heavy atom. The van der Waals surface area contributed by atoms with E-state index >= 15 is 0 Å². The molecular formula is C8H14Cl2. The van der Waals surface area contributed by atoms with E-state index in [0.29, 0.717) is 0 Å². The van der Waals surface area contributed by atoms with Gasteiger partial charge < -0.3 is 0 Å². The maximum Gasteiger partial charge on any atom is 0.0502 e. The van der Waals surface area contributed by atoms with Gasteiger partial charge in [-0.15, -0.1) is 23.2 Å². The summed E-state index contributed by atoms with van der Waals surface area (Å²) in [5.41, 5.74) is 0. The Hall–Kier alpha value is 0.580. The molecule has 0 N–H and O–H groups in total. The molecule has 1 saturated carbocycles. The Morgan fingerprint density at radius 2 is 1.20 bits per heavy atom. The summed E-state index contributed by atoms with van der Waals surface area (Å²) in [4.78, 5) is 0. The Morgan fingerprint density at radius 1 is 0.900 bits per heavy atom. The lowest BCUT2D eigenvalue weighted by Gasteiger charge is -2.32. The first-order chi connectivity index (χ1) is 4.61. The van der Waals surface area contributed by atoms with Crippen LogP contribution in [0.5, 0.6) is 0 Å². The third kappa shape index (κ3) is 1.79. The van der Waals surface area contributed by atoms with Gasteiger partial charge in [0.25, 0.3) is 0 Å². The number of rotatable bonds is 0. The summed E-state index contributed by atoms with van der Waals surface area (Å²) in [6.07, 6.45) is 2.16. The monoisotopic (exact) mass is 180 g/mol. The topological polar surface area (TPSA) is 0 Å². The molecule has 0 radical (unpaired) electrons. The molecule has 0 bridgehead atoms. The number of hydrogen-bond acceptors (Lipinski definition) is 0. The van der Waals surface area contributed by atoms with Gasteiger partial charge in [0.2, 0.25) is 0 Å². The summed E-state index contributed by atoms with van der Waals surface area (Å²) in [5.74, 6) is 1.50. The maximum atomic E-state index is 6.00. The lowest BCUT2D eigenvalue weighted by molar-refractivity contribution is 0.285. The first kappa shape index (κ1) is 8.67. The number of alkyl halides is 2. The van der Waals surface area contributed by atoms with E-state index < -0.39 is 0 Å². The van der Waals surface area contributed by atoms with Crippen LogP contribution in [0.15, 0.2) is 0 Å². The third-order valence-corrected chi connectivity index (χ3v) is 3.65. The Kier molecular flexibility index (Phi) is 2.88. The molecule has 0 nitrogen and oxygen atoms in total. The van der Waals surface area contributed by atoms with Crippen LogP contribution in [0.25, 0.3) is 0 Å². The smallest absolute Gasteiger partial charge is 0.0502 e. The number of hydrogen-bond donors (Lipinski definition) is 0. The average molecular weight is 181 g/mol. The van der Waals surface area contributed by atoms with Gasteiger partial charge in [-0.3, -0.25) is 0 Å². The predicted octanol–water partition coefficient (Wildman–Crippen LogP) is 3.27. The van der Waals surface area contributed by atoms with E-state index in [-0.39, 0.29) is 10.8 Å². The summed E-state index contributed by atoms with van der Waals surface area (Å²) in [6, 6.07) is 0. The van der Waals surface area contributed by atoms with Crippen molar-refractivity contribution >= 4 is 23.2 Å². The van der Waals surface area contributed by atoms with Gasteiger partial charge in [0.15, 0.2) is 0 Å². The summed E-state index contributed by atoms with van der Waals surface area (Å²) < 4.78 is 0. The minimum atomic E-state index is 0.202. The van der Waals surface area contributed by atoms with Crippen LogP contribution in [0, 0.1) is 11.8 Å². The van der Waals surface area contributed by atoms with Gasteiger partial charge in [-0.2, -0.15) is 0 Å². The zero-order chi connectivity index (χ0) is 7.72. The minimum absolute atomic E-state index is 0.202. The molecule has 0 saturated heterocycles. The molecule has 1 rings (SSSR count). The molecule has 4 atom stereocenters. The van der Waals surface area contributed by atoms with Gasteiger partial charge in [-0.1, -0.05) is 13.8 Å². The van der Waals surface area contributed by atoms with E-state index in [1.165, 1.54) is 0 Å². The van der Waals surface area contributed by atoms with E-state index in [9.17, 15) is 0 Å². The Balaban J connectivity index is 2.46. The van der Waals surface area contributed by atoms with Crippen LogP contribution >= 0.6 is 23.2 Å². The summed E-state index contributed by atoms with van der Waals surface area (Å²) in [7, 11) is 0. The fraction of sp³-hybridized carbons (Fsp3) is 1.00. The standard InChI is InChI=1S/C8H14Cl2/c1-5-3-7(9)8(10)4-6(5)2/h5-8H,3-4H2,1-2H3. The highest BCUT2D eigenvalue weighted by molar-refractivity contribution is 6.30. The summed E-state index contributed by atoms with van der Waals surface area (Å²) in [6.45, 7) is 4.51. The van der Waals surface area contributed by atoms with Gasteiger partial charge >= 0.3 is 0 Å². The zero-order valence-electron chi connectivity index (χ0n) is 6.48. The quantitative estimate of drug-likeness (QED) is 0.503. The van der Waals surface area contributed by atoms with Gasteiger partial charge in [0.05, 0.1) is 10.8 Å². The van der Waals surface area contributed by atoms with Crippen molar-refractivity contribution < 1.29 is 0 Å². The number of halogens is 2. The van der Waals surface area contributed by atoms with E-state index in [1.807, 2.05) is 0 Å². The lowest BCUT2D eigenvalue weighted by Crippen LogP contribution is -2.30. The molecule has 0 aromatic rings. The second-order valence-corrected chi connectivity index (χ2v) is 4.58. The molecule has 2 heteroatoms. The van der Waals surface area contributed by atoms with E-state index in [4.69, 9.17) is 23.2 Å². The van der Waals surface area contributed by atoms with E-state index in [2.05, 4.69) is 13.8 Å². The highest BCUT2D eigenvalue weighted by atomic mass is 35.5. The summed E-state index contributed by atoms with van der Waals surface area (Å²) in [5, 5.41) is 0.403. The molecule has 1 aliphatic rings. The van der Waals surface area contributed by atoms with Crippen LogP contribution in [0.4, 0.5) is 0 Å². The van der Waals surface area contributed by atoms with Crippen LogP contribution < -0.4 is 0 Å². The predicted molar refractivity (Wildman–Crippen MR) is 46.8 cm³/mol. The van der Waals surface area contributed by atoms with Crippen molar-refractivity contribution in [2.75, 3.05) is 0 Å². The highest BCUT2D eigenvalue weighted by Crippen LogP contribution is 2.35. The van der Waals surface area contributed by atoms with Crippen molar-refractivity contribution in [3.05, 3.63) is 0 Å². The molecule has 0 aromatic carbocycles. The first-order valence-electron chi connectivity index (χ1n) is 3.89. The fourth-order valence-electron chi connectivity index (χ4n) is 1.47. The maximum absolute atomic E-state index is 6.00. The molecule has 1 aliphatic carbocycles. The SMILES string of the molecule is CC1CC(Cl)C(Cl)CC1C. The molecule has 0 amide bonds. The molecule has 0 spiro atoms. The van der Waals surface area contributed by atoms with Crippen LogP contribution in [0.1, 0.15) is 26.7 Å². The summed E-state index contributed by atoms with van der Waals surface area (Å²) >= 11 is 12.0. The van der Waals surface area contributed by atoms with Gasteiger partial charge in [0, 0.05) is 0 Å². The molecule has 1 fully saturated rings.